The van der Waals surface area contributed by atoms with Gasteiger partial charge >= 0.3 is 0 Å². The van der Waals surface area contributed by atoms with E-state index in [1.54, 1.807) is 11.3 Å². The second kappa shape index (κ2) is 6.75. The van der Waals surface area contributed by atoms with Gasteiger partial charge < -0.3 is 10.6 Å². The van der Waals surface area contributed by atoms with Gasteiger partial charge in [-0.15, -0.1) is 23.7 Å². The quantitative estimate of drug-likeness (QED) is 0.893. The summed E-state index contributed by atoms with van der Waals surface area (Å²) in [4.78, 5) is 17.4. The Labute approximate surface area is 146 Å². The highest BCUT2D eigenvalue weighted by atomic mass is 35.5. The lowest BCUT2D eigenvalue weighted by Gasteiger charge is -2.37. The summed E-state index contributed by atoms with van der Waals surface area (Å²) >= 11 is 1.67. The lowest BCUT2D eigenvalue weighted by Crippen LogP contribution is -2.47. The molecule has 1 aliphatic carbocycles. The monoisotopic (exact) mass is 351 g/mol. The lowest BCUT2D eigenvalue weighted by atomic mass is 9.67. The van der Waals surface area contributed by atoms with Crippen molar-refractivity contribution in [1.29, 1.82) is 0 Å². The minimum Gasteiger partial charge on any atom is -0.349 e. The number of para-hydroxylation sites is 1. The van der Waals surface area contributed by atoms with E-state index in [-0.39, 0.29) is 23.7 Å². The van der Waals surface area contributed by atoms with Gasteiger partial charge in [0.2, 0.25) is 5.91 Å². The maximum atomic E-state index is 12.8. The van der Waals surface area contributed by atoms with Gasteiger partial charge in [0.25, 0.3) is 0 Å². The zero-order valence-electron chi connectivity index (χ0n) is 13.0. The maximum Gasteiger partial charge on any atom is 0.228 e. The van der Waals surface area contributed by atoms with Gasteiger partial charge in [-0.3, -0.25) is 4.79 Å². The number of benzene rings is 1. The summed E-state index contributed by atoms with van der Waals surface area (Å²) in [6.45, 7) is 2.38. The summed E-state index contributed by atoms with van der Waals surface area (Å²) in [5.41, 5.74) is 0.850. The standard InChI is InChI=1S/C17H21N3OS.ClH/c21-16(17-8-4-3-5-12(17)9-18-11-17)19-10-15-20-13-6-1-2-7-14(13)22-15;/h1-2,6-7,12,18H,3-5,8-11H2,(H,19,21);1H/t12-,17+;/m0./s1. The van der Waals surface area contributed by atoms with Crippen LogP contribution in [0.5, 0.6) is 0 Å². The number of thiazole rings is 1. The Balaban J connectivity index is 0.00000156. The highest BCUT2D eigenvalue weighted by molar-refractivity contribution is 7.18. The summed E-state index contributed by atoms with van der Waals surface area (Å²) in [6.07, 6.45) is 4.64. The van der Waals surface area contributed by atoms with Gasteiger partial charge in [0.15, 0.2) is 0 Å². The van der Waals surface area contributed by atoms with Gasteiger partial charge in [-0.2, -0.15) is 0 Å². The van der Waals surface area contributed by atoms with Crippen molar-refractivity contribution < 1.29 is 4.79 Å². The van der Waals surface area contributed by atoms with Crippen molar-refractivity contribution in [3.8, 4) is 0 Å². The molecule has 2 aromatic rings. The van der Waals surface area contributed by atoms with Crippen LogP contribution in [-0.2, 0) is 11.3 Å². The third kappa shape index (κ3) is 2.97. The van der Waals surface area contributed by atoms with Gasteiger partial charge in [-0.25, -0.2) is 4.98 Å². The van der Waals surface area contributed by atoms with Gasteiger partial charge in [0.1, 0.15) is 5.01 Å². The highest BCUT2D eigenvalue weighted by Gasteiger charge is 2.49. The lowest BCUT2D eigenvalue weighted by molar-refractivity contribution is -0.134. The SMILES string of the molecule is Cl.O=C(NCc1nc2ccccc2s1)[C@@]12CCCC[C@H]1CNC2. The predicted octanol–water partition coefficient (Wildman–Crippen LogP) is 3.11. The molecule has 1 aromatic carbocycles. The Morgan fingerprint density at radius 2 is 2.26 bits per heavy atom. The Bertz CT molecular complexity index is 671. The van der Waals surface area contributed by atoms with Crippen LogP contribution < -0.4 is 10.6 Å². The molecule has 2 heterocycles. The molecule has 1 amide bonds. The van der Waals surface area contributed by atoms with E-state index in [1.165, 1.54) is 24.0 Å². The van der Waals surface area contributed by atoms with Crippen molar-refractivity contribution in [2.75, 3.05) is 13.1 Å². The summed E-state index contributed by atoms with van der Waals surface area (Å²) in [5.74, 6) is 0.734. The molecule has 2 N–H and O–H groups in total. The summed E-state index contributed by atoms with van der Waals surface area (Å²) in [6, 6.07) is 8.13. The molecule has 6 heteroatoms. The largest absolute Gasteiger partial charge is 0.349 e. The summed E-state index contributed by atoms with van der Waals surface area (Å²) in [5, 5.41) is 7.58. The molecule has 124 valence electrons. The van der Waals surface area contributed by atoms with Gasteiger partial charge in [0, 0.05) is 6.54 Å². The number of halogens is 1. The highest BCUT2D eigenvalue weighted by Crippen LogP contribution is 2.43. The third-order valence-corrected chi connectivity index (χ3v) is 6.27. The number of carbonyl (C=O) groups is 1. The van der Waals surface area contributed by atoms with E-state index in [9.17, 15) is 4.79 Å². The van der Waals surface area contributed by atoms with E-state index < -0.39 is 0 Å². The molecule has 1 saturated carbocycles. The van der Waals surface area contributed by atoms with E-state index in [0.717, 1.165) is 30.0 Å². The predicted molar refractivity (Wildman–Crippen MR) is 96.0 cm³/mol. The fourth-order valence-corrected chi connectivity index (χ4v) is 4.92. The van der Waals surface area contributed by atoms with Crippen molar-refractivity contribution in [3.05, 3.63) is 29.3 Å². The van der Waals surface area contributed by atoms with Crippen molar-refractivity contribution in [2.45, 2.75) is 32.2 Å². The van der Waals surface area contributed by atoms with Gasteiger partial charge in [-0.05, 0) is 37.4 Å². The minimum absolute atomic E-state index is 0. The number of hydrogen-bond donors (Lipinski definition) is 2. The zero-order valence-corrected chi connectivity index (χ0v) is 14.6. The van der Waals surface area contributed by atoms with Crippen LogP contribution in [0.1, 0.15) is 30.7 Å². The van der Waals surface area contributed by atoms with Gasteiger partial charge in [-0.1, -0.05) is 25.0 Å². The first kappa shape index (κ1) is 16.7. The van der Waals surface area contributed by atoms with E-state index in [0.29, 0.717) is 12.5 Å². The number of nitrogens with zero attached hydrogens (tertiary/aromatic N) is 1. The van der Waals surface area contributed by atoms with Crippen molar-refractivity contribution in [1.82, 2.24) is 15.6 Å². The molecule has 1 aromatic heterocycles. The van der Waals surface area contributed by atoms with Crippen molar-refractivity contribution in [2.24, 2.45) is 11.3 Å². The van der Waals surface area contributed by atoms with Crippen molar-refractivity contribution >= 4 is 39.9 Å². The molecule has 2 fully saturated rings. The van der Waals surface area contributed by atoms with Crippen LogP contribution >= 0.6 is 23.7 Å². The first-order valence-corrected chi connectivity index (χ1v) is 8.93. The Hall–Kier alpha value is -1.17. The topological polar surface area (TPSA) is 54.0 Å². The van der Waals surface area contributed by atoms with Gasteiger partial charge in [0.05, 0.1) is 22.2 Å². The smallest absolute Gasteiger partial charge is 0.228 e. The number of aromatic nitrogens is 1. The van der Waals surface area contributed by atoms with Crippen LogP contribution in [0.2, 0.25) is 0 Å². The molecule has 4 rings (SSSR count). The van der Waals surface area contributed by atoms with Crippen LogP contribution in [0, 0.1) is 11.3 Å². The fraction of sp³-hybridized carbons (Fsp3) is 0.529. The second-order valence-corrected chi connectivity index (χ2v) is 7.60. The molecule has 0 spiro atoms. The van der Waals surface area contributed by atoms with E-state index in [2.05, 4.69) is 21.7 Å². The first-order chi connectivity index (χ1) is 10.8. The Kier molecular flexibility index (Phi) is 4.90. The number of fused-ring (bicyclic) bond motifs is 2. The van der Waals surface area contributed by atoms with Crippen LogP contribution in [0.15, 0.2) is 24.3 Å². The third-order valence-electron chi connectivity index (χ3n) is 5.23. The average molecular weight is 352 g/mol. The number of nitrogens with one attached hydrogen (secondary N) is 2. The normalized spacial score (nSPS) is 26.5. The van der Waals surface area contributed by atoms with Crippen molar-refractivity contribution in [3.63, 3.8) is 0 Å². The molecule has 2 aliphatic rings. The Morgan fingerprint density at radius 3 is 3.13 bits per heavy atom. The fourth-order valence-electron chi connectivity index (χ4n) is 4.02. The number of rotatable bonds is 3. The number of carbonyl (C=O) groups excluding carboxylic acids is 1. The molecule has 0 unspecified atom stereocenters. The number of amides is 1. The van der Waals surface area contributed by atoms with E-state index >= 15 is 0 Å². The van der Waals surface area contributed by atoms with E-state index in [4.69, 9.17) is 0 Å². The maximum absolute atomic E-state index is 12.8. The minimum atomic E-state index is -0.172. The molecule has 0 bridgehead atoms. The van der Waals surface area contributed by atoms with Crippen LogP contribution in [-0.4, -0.2) is 24.0 Å². The molecule has 23 heavy (non-hydrogen) atoms. The average Bonchev–Trinajstić information content (AvgIpc) is 3.16. The summed E-state index contributed by atoms with van der Waals surface area (Å²) < 4.78 is 1.18. The first-order valence-electron chi connectivity index (χ1n) is 8.11. The molecular weight excluding hydrogens is 330 g/mol. The van der Waals surface area contributed by atoms with E-state index in [1.807, 2.05) is 18.2 Å². The van der Waals surface area contributed by atoms with Crippen LogP contribution in [0.4, 0.5) is 0 Å². The second-order valence-electron chi connectivity index (χ2n) is 6.49. The molecule has 4 nitrogen and oxygen atoms in total. The zero-order chi connectivity index (χ0) is 15.0. The number of hydrogen-bond acceptors (Lipinski definition) is 4. The molecular formula is C17H22ClN3OS. The molecule has 0 radical (unpaired) electrons. The molecule has 1 saturated heterocycles. The van der Waals surface area contributed by atoms with Crippen LogP contribution in [0.3, 0.4) is 0 Å². The Morgan fingerprint density at radius 1 is 1.39 bits per heavy atom. The summed E-state index contributed by atoms with van der Waals surface area (Å²) in [7, 11) is 0. The van der Waals surface area contributed by atoms with Crippen LogP contribution in [0.25, 0.3) is 10.2 Å². The molecule has 2 atom stereocenters. The molecule has 1 aliphatic heterocycles.